The Labute approximate surface area is 182 Å². The summed E-state index contributed by atoms with van der Waals surface area (Å²) in [6.07, 6.45) is 5.11. The number of pyridine rings is 1. The van der Waals surface area contributed by atoms with Gasteiger partial charge >= 0.3 is 0 Å². The highest BCUT2D eigenvalue weighted by Gasteiger charge is 2.69. The van der Waals surface area contributed by atoms with Crippen molar-refractivity contribution >= 4 is 0 Å². The van der Waals surface area contributed by atoms with E-state index < -0.39 is 23.6 Å². The maximum absolute atomic E-state index is 12.9. The van der Waals surface area contributed by atoms with Crippen molar-refractivity contribution in [3.05, 3.63) is 29.8 Å². The van der Waals surface area contributed by atoms with E-state index in [1.54, 1.807) is 6.07 Å². The molecule has 0 radical (unpaired) electrons. The molecule has 5 fully saturated rings. The predicted molar refractivity (Wildman–Crippen MR) is 108 cm³/mol. The molecular formula is C24H30FNO5. The number of rotatable bonds is 3. The Bertz CT molecular complexity index is 869. The first kappa shape index (κ1) is 21.3. The van der Waals surface area contributed by atoms with Crippen LogP contribution in [0.2, 0.25) is 0 Å². The molecule has 0 N–H and O–H groups in total. The zero-order chi connectivity index (χ0) is 21.6. The predicted octanol–water partition coefficient (Wildman–Crippen LogP) is 4.19. The van der Waals surface area contributed by atoms with E-state index >= 15 is 0 Å². The number of nitrogens with zero attached hydrogens (tertiary/aromatic N) is 1. The van der Waals surface area contributed by atoms with Gasteiger partial charge in [0, 0.05) is 36.4 Å². The molecule has 2 bridgehead atoms. The molecule has 5 heterocycles. The summed E-state index contributed by atoms with van der Waals surface area (Å²) >= 11 is 0. The van der Waals surface area contributed by atoms with Crippen molar-refractivity contribution in [1.29, 1.82) is 0 Å². The van der Waals surface area contributed by atoms with Crippen LogP contribution in [-0.2, 0) is 24.0 Å². The number of hydrogen-bond acceptors (Lipinski definition) is 6. The Kier molecular flexibility index (Phi) is 5.56. The molecule has 0 aromatic carbocycles. The lowest BCUT2D eigenvalue weighted by molar-refractivity contribution is -0.577. The van der Waals surface area contributed by atoms with Crippen molar-refractivity contribution in [1.82, 2.24) is 4.98 Å². The van der Waals surface area contributed by atoms with Crippen LogP contribution in [0.3, 0.4) is 0 Å². The molecule has 7 heteroatoms. The van der Waals surface area contributed by atoms with E-state index in [9.17, 15) is 4.39 Å². The Hall–Kier alpha value is -1.56. The summed E-state index contributed by atoms with van der Waals surface area (Å²) in [6, 6.07) is 2.92. The molecule has 4 aliphatic heterocycles. The molecule has 1 aromatic rings. The zero-order valence-electron chi connectivity index (χ0n) is 18.3. The molecule has 4 saturated heterocycles. The molecule has 0 amide bonds. The summed E-state index contributed by atoms with van der Waals surface area (Å²) in [5.41, 5.74) is 0.115. The van der Waals surface area contributed by atoms with Crippen LogP contribution in [0.1, 0.15) is 58.4 Å². The molecule has 0 unspecified atom stereocenters. The van der Waals surface area contributed by atoms with Crippen molar-refractivity contribution in [2.75, 3.05) is 6.61 Å². The summed E-state index contributed by atoms with van der Waals surface area (Å²) in [4.78, 5) is 15.6. The van der Waals surface area contributed by atoms with Crippen molar-refractivity contribution in [3.63, 3.8) is 0 Å². The second-order valence-electron chi connectivity index (χ2n) is 9.57. The highest BCUT2D eigenvalue weighted by Crippen LogP contribution is 2.60. The van der Waals surface area contributed by atoms with E-state index in [-0.39, 0.29) is 18.1 Å². The van der Waals surface area contributed by atoms with Crippen LogP contribution in [0.15, 0.2) is 18.3 Å². The fourth-order valence-corrected chi connectivity index (χ4v) is 5.90. The van der Waals surface area contributed by atoms with Crippen molar-refractivity contribution < 1.29 is 28.4 Å². The smallest absolute Gasteiger partial charge is 0.212 e. The third-order valence-corrected chi connectivity index (χ3v) is 7.57. The van der Waals surface area contributed by atoms with Gasteiger partial charge in [-0.3, -0.25) is 0 Å². The molecule has 1 saturated carbocycles. The number of ether oxygens (including phenoxy) is 3. The Morgan fingerprint density at radius 3 is 2.87 bits per heavy atom. The standard InChI is InChI=1S/C24H30FNO5/c1-15-7-9-19-16(2)21(27-13-5-4-6-17-8-10-20(25)26-14-17)28-22-24(19)18(15)11-12-23(3,29-22)30-31-24/h8,10,14-16,18-19,21-22H,5,7,9,11-13H2,1-3H3/t15-,16-,18+,19+,21+,22-,23-,24-/m1/s1. The third kappa shape index (κ3) is 3.69. The van der Waals surface area contributed by atoms with Crippen LogP contribution in [-0.4, -0.2) is 35.6 Å². The minimum Gasteiger partial charge on any atom is -0.351 e. The second kappa shape index (κ2) is 8.09. The Morgan fingerprint density at radius 2 is 2.06 bits per heavy atom. The van der Waals surface area contributed by atoms with Gasteiger partial charge < -0.3 is 14.2 Å². The molecule has 1 aromatic heterocycles. The number of aromatic nitrogens is 1. The first-order valence-electron chi connectivity index (χ1n) is 11.3. The monoisotopic (exact) mass is 431 g/mol. The topological polar surface area (TPSA) is 59.0 Å². The van der Waals surface area contributed by atoms with Crippen molar-refractivity contribution in [2.45, 2.75) is 76.8 Å². The minimum absolute atomic E-state index is 0.148. The van der Waals surface area contributed by atoms with Crippen LogP contribution in [0.4, 0.5) is 4.39 Å². The van der Waals surface area contributed by atoms with Gasteiger partial charge in [-0.2, -0.15) is 4.39 Å². The summed E-state index contributed by atoms with van der Waals surface area (Å²) in [5, 5.41) is 0. The van der Waals surface area contributed by atoms with E-state index in [0.717, 1.165) is 25.7 Å². The fraction of sp³-hybridized carbons (Fsp3) is 0.708. The molecule has 6 rings (SSSR count). The largest absolute Gasteiger partial charge is 0.351 e. The van der Waals surface area contributed by atoms with Gasteiger partial charge in [0.15, 0.2) is 18.2 Å². The van der Waals surface area contributed by atoms with Gasteiger partial charge in [0.05, 0.1) is 6.61 Å². The van der Waals surface area contributed by atoms with E-state index in [1.807, 2.05) is 6.92 Å². The lowest BCUT2D eigenvalue weighted by atomic mass is 9.58. The molecule has 5 aliphatic rings. The number of fused-ring (bicyclic) bond motifs is 2. The number of halogens is 1. The normalized spacial score (nSPS) is 43.5. The molecule has 168 valence electrons. The van der Waals surface area contributed by atoms with Gasteiger partial charge in [-0.05, 0) is 50.2 Å². The van der Waals surface area contributed by atoms with Crippen molar-refractivity contribution in [3.8, 4) is 11.8 Å². The SMILES string of the molecule is C[C@H]1[C@@H](OCCC#Cc2ccc(F)nc2)O[C@@H]2O[C@@]3(C)CC[C@H]4[C@H](C)CC[C@@H]1[C@@]24OO3. The van der Waals surface area contributed by atoms with Gasteiger partial charge in [-0.25, -0.2) is 14.8 Å². The van der Waals surface area contributed by atoms with E-state index in [1.165, 1.54) is 12.3 Å². The van der Waals surface area contributed by atoms with Gasteiger partial charge in [0.1, 0.15) is 0 Å². The molecular weight excluding hydrogens is 401 g/mol. The summed E-state index contributed by atoms with van der Waals surface area (Å²) < 4.78 is 31.7. The maximum Gasteiger partial charge on any atom is 0.212 e. The van der Waals surface area contributed by atoms with Crippen LogP contribution in [0.25, 0.3) is 0 Å². The van der Waals surface area contributed by atoms with E-state index in [2.05, 4.69) is 30.7 Å². The summed E-state index contributed by atoms with van der Waals surface area (Å²) in [7, 11) is 0. The van der Waals surface area contributed by atoms with Crippen molar-refractivity contribution in [2.24, 2.45) is 23.7 Å². The molecule has 1 spiro atoms. The lowest BCUT2D eigenvalue weighted by Gasteiger charge is -2.60. The third-order valence-electron chi connectivity index (χ3n) is 7.57. The lowest BCUT2D eigenvalue weighted by Crippen LogP contribution is -2.70. The Morgan fingerprint density at radius 1 is 1.19 bits per heavy atom. The minimum atomic E-state index is -0.780. The van der Waals surface area contributed by atoms with Crippen LogP contribution >= 0.6 is 0 Å². The first-order chi connectivity index (χ1) is 14.9. The molecule has 1 aliphatic carbocycles. The average molecular weight is 432 g/mol. The number of hydrogen-bond donors (Lipinski definition) is 0. The van der Waals surface area contributed by atoms with E-state index in [4.69, 9.17) is 24.0 Å². The van der Waals surface area contributed by atoms with Crippen LogP contribution in [0, 0.1) is 41.5 Å². The Balaban J connectivity index is 1.27. The van der Waals surface area contributed by atoms with Gasteiger partial charge in [-0.15, -0.1) is 0 Å². The van der Waals surface area contributed by atoms with Gasteiger partial charge in [-0.1, -0.05) is 25.7 Å². The van der Waals surface area contributed by atoms with E-state index in [0.29, 0.717) is 30.4 Å². The highest BCUT2D eigenvalue weighted by molar-refractivity contribution is 5.31. The summed E-state index contributed by atoms with van der Waals surface area (Å²) in [6.45, 7) is 6.84. The van der Waals surface area contributed by atoms with Crippen LogP contribution in [0.5, 0.6) is 0 Å². The maximum atomic E-state index is 12.9. The average Bonchev–Trinajstić information content (AvgIpc) is 2.98. The summed E-state index contributed by atoms with van der Waals surface area (Å²) in [5.74, 6) is 6.02. The molecule has 31 heavy (non-hydrogen) atoms. The molecule has 6 nitrogen and oxygen atoms in total. The zero-order valence-corrected chi connectivity index (χ0v) is 18.3. The molecule has 8 atom stereocenters. The highest BCUT2D eigenvalue weighted by atomic mass is 19.1. The second-order valence-corrected chi connectivity index (χ2v) is 9.57. The van der Waals surface area contributed by atoms with Gasteiger partial charge in [0.2, 0.25) is 11.7 Å². The fourth-order valence-electron chi connectivity index (χ4n) is 5.90. The van der Waals surface area contributed by atoms with Crippen LogP contribution < -0.4 is 0 Å². The van der Waals surface area contributed by atoms with Gasteiger partial charge in [0.25, 0.3) is 0 Å². The first-order valence-corrected chi connectivity index (χ1v) is 11.3. The quantitative estimate of drug-likeness (QED) is 0.310.